The fraction of sp³-hybridized carbons (Fsp3) is 0.667. The van der Waals surface area contributed by atoms with E-state index < -0.39 is 6.10 Å². The lowest BCUT2D eigenvalue weighted by Gasteiger charge is -2.15. The molecule has 0 aromatic rings. The molecule has 1 aliphatic rings. The minimum atomic E-state index is -0.423. The molecule has 0 fully saturated rings. The molecule has 3 heteroatoms. The van der Waals surface area contributed by atoms with E-state index >= 15 is 0 Å². The summed E-state index contributed by atoms with van der Waals surface area (Å²) >= 11 is 5.50. The molecule has 0 amide bonds. The molecule has 0 radical (unpaired) electrons. The van der Waals surface area contributed by atoms with Gasteiger partial charge in [0.1, 0.15) is 0 Å². The molecule has 1 atom stereocenters. The third kappa shape index (κ3) is 2.61. The average molecular weight is 189 g/mol. The van der Waals surface area contributed by atoms with Gasteiger partial charge in [0.15, 0.2) is 5.78 Å². The minimum Gasteiger partial charge on any atom is -0.389 e. The molecule has 0 aromatic heterocycles. The number of aliphatic hydroxyl groups excluding tert-OH is 1. The summed E-state index contributed by atoms with van der Waals surface area (Å²) in [5, 5.41) is 9.24. The van der Waals surface area contributed by atoms with E-state index in [0.717, 1.165) is 12.0 Å². The monoisotopic (exact) mass is 188 g/mol. The molecule has 0 aliphatic heterocycles. The fourth-order valence-corrected chi connectivity index (χ4v) is 1.46. The predicted octanol–water partition coefficient (Wildman–Crippen LogP) is 1.66. The highest BCUT2D eigenvalue weighted by molar-refractivity contribution is 6.17. The van der Waals surface area contributed by atoms with Crippen LogP contribution in [0.4, 0.5) is 0 Å². The van der Waals surface area contributed by atoms with Gasteiger partial charge in [-0.05, 0) is 30.9 Å². The molecule has 1 N–H and O–H groups in total. The average Bonchev–Trinajstić information content (AvgIpc) is 2.07. The van der Waals surface area contributed by atoms with Gasteiger partial charge in [-0.3, -0.25) is 4.79 Å². The van der Waals surface area contributed by atoms with E-state index in [0.29, 0.717) is 25.1 Å². The van der Waals surface area contributed by atoms with Crippen molar-refractivity contribution >= 4 is 17.4 Å². The third-order valence-corrected chi connectivity index (χ3v) is 2.27. The summed E-state index contributed by atoms with van der Waals surface area (Å²) in [4.78, 5) is 11.2. The highest BCUT2D eigenvalue weighted by Crippen LogP contribution is 2.18. The summed E-state index contributed by atoms with van der Waals surface area (Å²) < 4.78 is 0. The second-order valence-electron chi connectivity index (χ2n) is 3.01. The summed E-state index contributed by atoms with van der Waals surface area (Å²) in [6, 6.07) is 0. The molecule has 0 aromatic carbocycles. The van der Waals surface area contributed by atoms with Crippen LogP contribution in [0.1, 0.15) is 25.7 Å². The second kappa shape index (κ2) is 4.63. The lowest BCUT2D eigenvalue weighted by Crippen LogP contribution is -2.17. The molecule has 1 rings (SSSR count). The van der Waals surface area contributed by atoms with Crippen LogP contribution < -0.4 is 0 Å². The highest BCUT2D eigenvalue weighted by Gasteiger charge is 2.17. The van der Waals surface area contributed by atoms with Crippen LogP contribution in [-0.2, 0) is 4.79 Å². The maximum absolute atomic E-state index is 11.2. The Morgan fingerprint density at radius 1 is 1.67 bits per heavy atom. The van der Waals surface area contributed by atoms with Crippen LogP contribution in [0.25, 0.3) is 0 Å². The molecule has 68 valence electrons. The molecule has 0 spiro atoms. The van der Waals surface area contributed by atoms with Crippen molar-refractivity contribution in [2.45, 2.75) is 31.8 Å². The van der Waals surface area contributed by atoms with Crippen LogP contribution in [-0.4, -0.2) is 22.9 Å². The van der Waals surface area contributed by atoms with Crippen molar-refractivity contribution in [3.63, 3.8) is 0 Å². The largest absolute Gasteiger partial charge is 0.389 e. The zero-order chi connectivity index (χ0) is 8.97. The molecule has 0 bridgehead atoms. The molecular weight excluding hydrogens is 176 g/mol. The van der Waals surface area contributed by atoms with E-state index in [1.54, 1.807) is 6.08 Å². The van der Waals surface area contributed by atoms with Crippen LogP contribution in [0.5, 0.6) is 0 Å². The van der Waals surface area contributed by atoms with Gasteiger partial charge in [0, 0.05) is 12.3 Å². The normalized spacial score (nSPS) is 24.0. The van der Waals surface area contributed by atoms with Gasteiger partial charge in [-0.15, -0.1) is 11.6 Å². The van der Waals surface area contributed by atoms with E-state index in [2.05, 4.69) is 0 Å². The molecule has 0 heterocycles. The molecule has 1 unspecified atom stereocenters. The Balaban J connectivity index is 2.52. The smallest absolute Gasteiger partial charge is 0.158 e. The predicted molar refractivity (Wildman–Crippen MR) is 48.3 cm³/mol. The van der Waals surface area contributed by atoms with Crippen molar-refractivity contribution in [3.05, 3.63) is 11.6 Å². The van der Waals surface area contributed by atoms with Gasteiger partial charge in [-0.1, -0.05) is 0 Å². The number of carbonyl (C=O) groups excluding carboxylic acids is 1. The first-order valence-corrected chi connectivity index (χ1v) is 4.75. The van der Waals surface area contributed by atoms with Crippen molar-refractivity contribution in [2.75, 3.05) is 5.88 Å². The van der Waals surface area contributed by atoms with Crippen molar-refractivity contribution in [1.82, 2.24) is 0 Å². The van der Waals surface area contributed by atoms with E-state index in [-0.39, 0.29) is 5.78 Å². The first kappa shape index (κ1) is 9.75. The zero-order valence-corrected chi connectivity index (χ0v) is 7.68. The van der Waals surface area contributed by atoms with Crippen LogP contribution in [0, 0.1) is 0 Å². The molecule has 0 saturated carbocycles. The van der Waals surface area contributed by atoms with Crippen molar-refractivity contribution in [3.8, 4) is 0 Å². The van der Waals surface area contributed by atoms with E-state index in [4.69, 9.17) is 11.6 Å². The number of carbonyl (C=O) groups is 1. The zero-order valence-electron chi connectivity index (χ0n) is 6.92. The van der Waals surface area contributed by atoms with Gasteiger partial charge in [-0.25, -0.2) is 0 Å². The Hall–Kier alpha value is -0.340. The lowest BCUT2D eigenvalue weighted by atomic mass is 9.93. The quantitative estimate of drug-likeness (QED) is 0.684. The van der Waals surface area contributed by atoms with Gasteiger partial charge in [0.25, 0.3) is 0 Å². The van der Waals surface area contributed by atoms with Crippen LogP contribution in [0.2, 0.25) is 0 Å². The Labute approximate surface area is 77.2 Å². The van der Waals surface area contributed by atoms with Gasteiger partial charge in [0.05, 0.1) is 6.10 Å². The van der Waals surface area contributed by atoms with Crippen molar-refractivity contribution in [2.24, 2.45) is 0 Å². The number of hydrogen-bond acceptors (Lipinski definition) is 2. The standard InChI is InChI=1S/C9H13ClO2/c10-5-1-2-7-6-8(11)3-4-9(7)12/h6,8,11H,1-5H2. The topological polar surface area (TPSA) is 37.3 Å². The number of alkyl halides is 1. The third-order valence-electron chi connectivity index (χ3n) is 2.00. The summed E-state index contributed by atoms with van der Waals surface area (Å²) in [5.74, 6) is 0.742. The number of ketones is 1. The Morgan fingerprint density at radius 3 is 3.08 bits per heavy atom. The number of rotatable bonds is 3. The fourth-order valence-electron chi connectivity index (χ4n) is 1.33. The van der Waals surface area contributed by atoms with Crippen molar-refractivity contribution < 1.29 is 9.90 Å². The van der Waals surface area contributed by atoms with Crippen LogP contribution in [0.3, 0.4) is 0 Å². The summed E-state index contributed by atoms with van der Waals surface area (Å²) in [6.07, 6.45) is 3.82. The Morgan fingerprint density at radius 2 is 2.42 bits per heavy atom. The second-order valence-corrected chi connectivity index (χ2v) is 3.39. The summed E-state index contributed by atoms with van der Waals surface area (Å²) in [5.41, 5.74) is 0.759. The molecule has 12 heavy (non-hydrogen) atoms. The number of Topliss-reactive ketones (excluding diaryl/α,β-unsaturated/α-hetero) is 1. The Bertz CT molecular complexity index is 199. The molecule has 2 nitrogen and oxygen atoms in total. The highest BCUT2D eigenvalue weighted by atomic mass is 35.5. The van der Waals surface area contributed by atoms with Crippen LogP contribution in [0.15, 0.2) is 11.6 Å². The Kier molecular flexibility index (Phi) is 3.76. The first-order valence-electron chi connectivity index (χ1n) is 4.22. The maximum atomic E-state index is 11.2. The maximum Gasteiger partial charge on any atom is 0.158 e. The van der Waals surface area contributed by atoms with E-state index in [1.165, 1.54) is 0 Å². The number of hydrogen-bond donors (Lipinski definition) is 1. The van der Waals surface area contributed by atoms with Gasteiger partial charge >= 0.3 is 0 Å². The number of halogens is 1. The van der Waals surface area contributed by atoms with Gasteiger partial charge < -0.3 is 5.11 Å². The number of aliphatic hydroxyl groups is 1. The van der Waals surface area contributed by atoms with Gasteiger partial charge in [-0.2, -0.15) is 0 Å². The lowest BCUT2D eigenvalue weighted by molar-refractivity contribution is -0.116. The van der Waals surface area contributed by atoms with Gasteiger partial charge in [0.2, 0.25) is 0 Å². The molecular formula is C9H13ClO2. The summed E-state index contributed by atoms with van der Waals surface area (Å²) in [7, 11) is 0. The van der Waals surface area contributed by atoms with Crippen LogP contribution >= 0.6 is 11.6 Å². The van der Waals surface area contributed by atoms with E-state index in [9.17, 15) is 9.90 Å². The summed E-state index contributed by atoms with van der Waals surface area (Å²) in [6.45, 7) is 0. The SMILES string of the molecule is O=C1CCC(O)C=C1CCCCl. The molecule has 1 aliphatic carbocycles. The first-order chi connectivity index (χ1) is 5.74. The van der Waals surface area contributed by atoms with E-state index in [1.807, 2.05) is 0 Å². The van der Waals surface area contributed by atoms with Crippen molar-refractivity contribution in [1.29, 1.82) is 0 Å². The number of allylic oxidation sites excluding steroid dienone is 1. The molecule has 0 saturated heterocycles. The minimum absolute atomic E-state index is 0.172.